The number of thiazole rings is 1. The molecule has 160 valence electrons. The maximum atomic E-state index is 11.2. The number of amides is 1. The summed E-state index contributed by atoms with van der Waals surface area (Å²) < 4.78 is 6.25. The first-order valence-electron chi connectivity index (χ1n) is 10.3. The van der Waals surface area contributed by atoms with Crippen molar-refractivity contribution in [2.45, 2.75) is 18.9 Å². The third kappa shape index (κ3) is 4.70. The van der Waals surface area contributed by atoms with Crippen molar-refractivity contribution in [3.8, 4) is 22.1 Å². The molecule has 4 aromatic rings. The number of anilines is 3. The normalized spacial score (nSPS) is 12.9. The fourth-order valence-corrected chi connectivity index (χ4v) is 4.07. The van der Waals surface area contributed by atoms with Crippen molar-refractivity contribution in [3.05, 3.63) is 78.5 Å². The minimum absolute atomic E-state index is 0.454. The molecular formula is C24H21N5O2S. The van der Waals surface area contributed by atoms with Crippen LogP contribution >= 0.6 is 11.3 Å². The van der Waals surface area contributed by atoms with Crippen molar-refractivity contribution in [2.75, 3.05) is 10.6 Å². The van der Waals surface area contributed by atoms with Crippen molar-refractivity contribution in [2.24, 2.45) is 5.73 Å². The van der Waals surface area contributed by atoms with Gasteiger partial charge in [0.15, 0.2) is 5.13 Å². The van der Waals surface area contributed by atoms with Crippen LogP contribution in [0.3, 0.4) is 0 Å². The molecule has 1 fully saturated rings. The summed E-state index contributed by atoms with van der Waals surface area (Å²) >= 11 is 1.50. The lowest BCUT2D eigenvalue weighted by molar-refractivity contribution is 0.100. The highest BCUT2D eigenvalue weighted by Crippen LogP contribution is 2.42. The van der Waals surface area contributed by atoms with Crippen LogP contribution in [0.25, 0.3) is 11.3 Å². The van der Waals surface area contributed by atoms with E-state index in [4.69, 9.17) is 15.5 Å². The number of ether oxygens (including phenoxy) is 1. The predicted octanol–water partition coefficient (Wildman–Crippen LogP) is 5.41. The van der Waals surface area contributed by atoms with Crippen molar-refractivity contribution >= 4 is 33.9 Å². The van der Waals surface area contributed by atoms with E-state index in [1.165, 1.54) is 24.2 Å². The molecule has 0 bridgehead atoms. The number of nitrogens with one attached hydrogen (secondary N) is 2. The molecule has 4 N–H and O–H groups in total. The highest BCUT2D eigenvalue weighted by Gasteiger charge is 2.24. The molecule has 8 heteroatoms. The third-order valence-electron chi connectivity index (χ3n) is 4.93. The van der Waals surface area contributed by atoms with E-state index < -0.39 is 5.91 Å². The van der Waals surface area contributed by atoms with E-state index in [2.05, 4.69) is 15.6 Å². The minimum Gasteiger partial charge on any atom is -0.444 e. The van der Waals surface area contributed by atoms with Gasteiger partial charge >= 0.3 is 0 Å². The van der Waals surface area contributed by atoms with Gasteiger partial charge in [0.1, 0.15) is 17.3 Å². The number of hydrogen-bond donors (Lipinski definition) is 3. The summed E-state index contributed by atoms with van der Waals surface area (Å²) in [6, 6.07) is 21.1. The zero-order valence-corrected chi connectivity index (χ0v) is 17.9. The largest absolute Gasteiger partial charge is 0.444 e. The smallest absolute Gasteiger partial charge is 0.248 e. The molecule has 0 saturated heterocycles. The maximum Gasteiger partial charge on any atom is 0.248 e. The Kier molecular flexibility index (Phi) is 5.43. The summed E-state index contributed by atoms with van der Waals surface area (Å²) in [7, 11) is 0. The van der Waals surface area contributed by atoms with E-state index in [1.807, 2.05) is 42.5 Å². The van der Waals surface area contributed by atoms with Crippen LogP contribution in [0.2, 0.25) is 0 Å². The molecule has 5 rings (SSSR count). The summed E-state index contributed by atoms with van der Waals surface area (Å²) in [6.45, 7) is 0. The van der Waals surface area contributed by atoms with Crippen molar-refractivity contribution in [1.29, 1.82) is 0 Å². The minimum atomic E-state index is -0.459. The molecule has 1 amide bonds. The molecule has 1 aliphatic carbocycles. The molecule has 2 aromatic carbocycles. The second-order valence-electron chi connectivity index (χ2n) is 7.49. The molecule has 7 nitrogen and oxygen atoms in total. The Hall–Kier alpha value is -3.91. The Balaban J connectivity index is 1.38. The van der Waals surface area contributed by atoms with Crippen molar-refractivity contribution in [3.63, 3.8) is 0 Å². The Morgan fingerprint density at radius 2 is 1.84 bits per heavy atom. The van der Waals surface area contributed by atoms with Gasteiger partial charge in [-0.3, -0.25) is 4.79 Å². The average Bonchev–Trinajstić information content (AvgIpc) is 3.53. The highest BCUT2D eigenvalue weighted by molar-refractivity contribution is 7.17. The first-order valence-corrected chi connectivity index (χ1v) is 11.1. The number of nitrogens with two attached hydrogens (primary N) is 1. The molecule has 32 heavy (non-hydrogen) atoms. The first kappa shape index (κ1) is 20.0. The van der Waals surface area contributed by atoms with E-state index in [-0.39, 0.29) is 0 Å². The topological polar surface area (TPSA) is 102 Å². The molecule has 1 saturated carbocycles. The molecule has 1 aliphatic rings. The number of primary amides is 1. The van der Waals surface area contributed by atoms with E-state index in [0.29, 0.717) is 23.2 Å². The number of pyridine rings is 1. The summed E-state index contributed by atoms with van der Waals surface area (Å²) in [5.41, 5.74) is 8.36. The van der Waals surface area contributed by atoms with Crippen LogP contribution in [0.15, 0.2) is 72.9 Å². The van der Waals surface area contributed by atoms with Gasteiger partial charge in [-0.25, -0.2) is 9.97 Å². The zero-order valence-electron chi connectivity index (χ0n) is 17.1. The lowest BCUT2D eigenvalue weighted by Crippen LogP contribution is -2.10. The lowest BCUT2D eigenvalue weighted by atomic mass is 10.2. The van der Waals surface area contributed by atoms with Gasteiger partial charge in [-0.05, 0) is 43.2 Å². The Morgan fingerprint density at radius 3 is 2.56 bits per heavy atom. The third-order valence-corrected chi connectivity index (χ3v) is 5.80. The SMILES string of the molecule is NC(=O)c1ccc(Nc2cc(Oc3sc(NC4CC4)nc3-c3ccccc3)ccn2)cc1. The molecule has 0 spiro atoms. The number of carbonyl (C=O) groups is 1. The monoisotopic (exact) mass is 443 g/mol. The number of hydrogen-bond acceptors (Lipinski definition) is 7. The van der Waals surface area contributed by atoms with Crippen LogP contribution in [0.1, 0.15) is 23.2 Å². The maximum absolute atomic E-state index is 11.2. The molecule has 0 unspecified atom stereocenters. The fourth-order valence-electron chi connectivity index (χ4n) is 3.13. The summed E-state index contributed by atoms with van der Waals surface area (Å²) in [5, 5.41) is 8.26. The summed E-state index contributed by atoms with van der Waals surface area (Å²) in [6.07, 6.45) is 4.04. The van der Waals surface area contributed by atoms with Gasteiger partial charge < -0.3 is 21.1 Å². The fraction of sp³-hybridized carbons (Fsp3) is 0.125. The molecule has 0 atom stereocenters. The van der Waals surface area contributed by atoms with Gasteiger partial charge in [0.25, 0.3) is 0 Å². The van der Waals surface area contributed by atoms with Gasteiger partial charge in [-0.15, -0.1) is 0 Å². The number of nitrogens with zero attached hydrogens (tertiary/aromatic N) is 2. The van der Waals surface area contributed by atoms with E-state index in [9.17, 15) is 4.79 Å². The summed E-state index contributed by atoms with van der Waals surface area (Å²) in [5.74, 6) is 0.811. The highest BCUT2D eigenvalue weighted by atomic mass is 32.1. The second kappa shape index (κ2) is 8.68. The standard InChI is InChI=1S/C24H21N5O2S/c25-22(30)16-6-8-17(9-7-16)27-20-14-19(12-13-26-20)31-23-21(15-4-2-1-3-5-15)29-24(32-23)28-18-10-11-18/h1-9,12-14,18H,10-11H2,(H2,25,30)(H,26,27)(H,28,29). The molecular weight excluding hydrogens is 422 g/mol. The van der Waals surface area contributed by atoms with Crippen molar-refractivity contribution in [1.82, 2.24) is 9.97 Å². The van der Waals surface area contributed by atoms with Crippen LogP contribution in [-0.4, -0.2) is 21.9 Å². The van der Waals surface area contributed by atoms with Gasteiger partial charge in [0.2, 0.25) is 11.0 Å². The van der Waals surface area contributed by atoms with Gasteiger partial charge in [-0.2, -0.15) is 0 Å². The Bertz CT molecular complexity index is 1240. The van der Waals surface area contributed by atoms with Crippen LogP contribution in [0.4, 0.5) is 16.6 Å². The van der Waals surface area contributed by atoms with Crippen LogP contribution in [0.5, 0.6) is 10.8 Å². The second-order valence-corrected chi connectivity index (χ2v) is 8.45. The average molecular weight is 444 g/mol. The van der Waals surface area contributed by atoms with Crippen LogP contribution in [-0.2, 0) is 0 Å². The van der Waals surface area contributed by atoms with E-state index in [1.54, 1.807) is 30.5 Å². The molecule has 0 radical (unpaired) electrons. The molecule has 2 heterocycles. The van der Waals surface area contributed by atoms with Gasteiger partial charge in [0.05, 0.1) is 0 Å². The van der Waals surface area contributed by atoms with Gasteiger partial charge in [0, 0.05) is 35.1 Å². The lowest BCUT2D eigenvalue weighted by Gasteiger charge is -2.09. The van der Waals surface area contributed by atoms with E-state index in [0.717, 1.165) is 27.1 Å². The van der Waals surface area contributed by atoms with Crippen molar-refractivity contribution < 1.29 is 9.53 Å². The number of rotatable bonds is 8. The van der Waals surface area contributed by atoms with Gasteiger partial charge in [-0.1, -0.05) is 41.7 Å². The first-order chi connectivity index (χ1) is 15.6. The van der Waals surface area contributed by atoms with Crippen LogP contribution < -0.4 is 21.1 Å². The zero-order chi connectivity index (χ0) is 21.9. The molecule has 2 aromatic heterocycles. The number of aromatic nitrogens is 2. The van der Waals surface area contributed by atoms with E-state index >= 15 is 0 Å². The predicted molar refractivity (Wildman–Crippen MR) is 127 cm³/mol. The Morgan fingerprint density at radius 1 is 1.06 bits per heavy atom. The summed E-state index contributed by atoms with van der Waals surface area (Å²) in [4.78, 5) is 20.4. The Labute approximate surface area is 189 Å². The van der Waals surface area contributed by atoms with Crippen LogP contribution in [0, 0.1) is 0 Å². The quantitative estimate of drug-likeness (QED) is 0.336. The number of carbonyl (C=O) groups excluding carboxylic acids is 1. The molecule has 0 aliphatic heterocycles. The number of benzene rings is 2.